The van der Waals surface area contributed by atoms with Gasteiger partial charge < -0.3 is 24.7 Å². The van der Waals surface area contributed by atoms with E-state index in [1.807, 2.05) is 6.92 Å². The van der Waals surface area contributed by atoms with E-state index < -0.39 is 0 Å². The van der Waals surface area contributed by atoms with E-state index in [0.29, 0.717) is 43.0 Å². The highest BCUT2D eigenvalue weighted by atomic mass is 16.5. The van der Waals surface area contributed by atoms with Gasteiger partial charge in [0.15, 0.2) is 5.76 Å². The molecular formula is C21H25N3O5. The Labute approximate surface area is 169 Å². The zero-order valence-corrected chi connectivity index (χ0v) is 16.6. The fourth-order valence-corrected chi connectivity index (χ4v) is 3.24. The second-order valence-electron chi connectivity index (χ2n) is 6.97. The molecule has 0 radical (unpaired) electrons. The molecular weight excluding hydrogens is 374 g/mol. The highest BCUT2D eigenvalue weighted by Gasteiger charge is 2.25. The van der Waals surface area contributed by atoms with Crippen LogP contribution in [0.3, 0.4) is 0 Å². The largest absolute Gasteiger partial charge is 0.497 e. The van der Waals surface area contributed by atoms with Crippen LogP contribution in [0, 0.1) is 6.92 Å². The summed E-state index contributed by atoms with van der Waals surface area (Å²) in [5.41, 5.74) is 1.26. The van der Waals surface area contributed by atoms with Gasteiger partial charge in [0, 0.05) is 30.3 Å². The van der Waals surface area contributed by atoms with Crippen molar-refractivity contribution < 1.29 is 23.5 Å². The van der Waals surface area contributed by atoms with Crippen molar-refractivity contribution in [3.63, 3.8) is 0 Å². The van der Waals surface area contributed by atoms with Crippen molar-refractivity contribution in [1.82, 2.24) is 15.5 Å². The fraction of sp³-hybridized carbons (Fsp3) is 0.381. The molecule has 2 N–H and O–H groups in total. The predicted octanol–water partition coefficient (Wildman–Crippen LogP) is 1.75. The Bertz CT molecular complexity index is 867. The first-order valence-corrected chi connectivity index (χ1v) is 9.53. The third-order valence-electron chi connectivity index (χ3n) is 5.00. The highest BCUT2D eigenvalue weighted by Crippen LogP contribution is 2.14. The molecule has 3 amide bonds. The fourth-order valence-electron chi connectivity index (χ4n) is 3.24. The summed E-state index contributed by atoms with van der Waals surface area (Å²) in [5.74, 6) is 0.305. The smallest absolute Gasteiger partial charge is 0.287 e. The Morgan fingerprint density at radius 2 is 1.79 bits per heavy atom. The van der Waals surface area contributed by atoms with Crippen molar-refractivity contribution in [3.05, 3.63) is 53.5 Å². The molecule has 0 spiro atoms. The Morgan fingerprint density at radius 1 is 1.10 bits per heavy atom. The van der Waals surface area contributed by atoms with Gasteiger partial charge in [-0.1, -0.05) is 0 Å². The average molecular weight is 399 g/mol. The van der Waals surface area contributed by atoms with Gasteiger partial charge >= 0.3 is 0 Å². The number of hydrogen-bond donors (Lipinski definition) is 2. The Hall–Kier alpha value is -3.29. The number of nitrogens with zero attached hydrogens (tertiary/aromatic N) is 1. The number of carbonyl (C=O) groups excluding carboxylic acids is 3. The number of rotatable bonds is 6. The molecule has 1 aromatic carbocycles. The van der Waals surface area contributed by atoms with Crippen molar-refractivity contribution in [2.24, 2.45) is 0 Å². The van der Waals surface area contributed by atoms with E-state index >= 15 is 0 Å². The van der Waals surface area contributed by atoms with Crippen LogP contribution in [0.25, 0.3) is 0 Å². The minimum atomic E-state index is -0.308. The second kappa shape index (κ2) is 9.27. The molecule has 29 heavy (non-hydrogen) atoms. The molecule has 3 rings (SSSR count). The van der Waals surface area contributed by atoms with Gasteiger partial charge in [-0.25, -0.2) is 0 Å². The van der Waals surface area contributed by atoms with E-state index in [2.05, 4.69) is 10.6 Å². The van der Waals surface area contributed by atoms with Crippen molar-refractivity contribution in [2.75, 3.05) is 26.7 Å². The van der Waals surface area contributed by atoms with Gasteiger partial charge in [0.25, 0.3) is 11.8 Å². The molecule has 1 saturated heterocycles. The number of aryl methyl sites for hydroxylation is 1. The molecule has 0 aliphatic carbocycles. The molecule has 1 fully saturated rings. The average Bonchev–Trinajstić information content (AvgIpc) is 3.18. The first-order valence-electron chi connectivity index (χ1n) is 9.53. The number of likely N-dealkylation sites (tertiary alicyclic amines) is 1. The van der Waals surface area contributed by atoms with Crippen LogP contribution in [0.5, 0.6) is 5.75 Å². The van der Waals surface area contributed by atoms with Crippen LogP contribution >= 0.6 is 0 Å². The van der Waals surface area contributed by atoms with Crippen molar-refractivity contribution >= 4 is 17.7 Å². The standard InChI is InChI=1S/C21H25N3O5/c1-14-9-12-29-19(14)21(27)23-16-7-10-24(11-8-16)18(25)13-22-20(26)15-3-5-17(28-2)6-4-15/h3-6,9,12,16H,7-8,10-11,13H2,1-2H3,(H,22,26)(H,23,27). The van der Waals surface area contributed by atoms with Gasteiger partial charge in [-0.05, 0) is 50.1 Å². The molecule has 1 aromatic heterocycles. The summed E-state index contributed by atoms with van der Waals surface area (Å²) in [4.78, 5) is 38.5. The molecule has 1 aliphatic rings. The van der Waals surface area contributed by atoms with E-state index in [4.69, 9.17) is 9.15 Å². The number of amides is 3. The highest BCUT2D eigenvalue weighted by molar-refractivity contribution is 5.96. The number of carbonyl (C=O) groups is 3. The van der Waals surface area contributed by atoms with Crippen LogP contribution < -0.4 is 15.4 Å². The van der Waals surface area contributed by atoms with E-state index in [0.717, 1.165) is 5.56 Å². The summed E-state index contributed by atoms with van der Waals surface area (Å²) in [6, 6.07) is 8.42. The monoisotopic (exact) mass is 399 g/mol. The zero-order chi connectivity index (χ0) is 20.8. The van der Waals surface area contributed by atoms with Crippen LogP contribution in [0.4, 0.5) is 0 Å². The molecule has 1 aliphatic heterocycles. The van der Waals surface area contributed by atoms with Crippen LogP contribution in [0.1, 0.15) is 39.3 Å². The van der Waals surface area contributed by atoms with E-state index in [9.17, 15) is 14.4 Å². The lowest BCUT2D eigenvalue weighted by molar-refractivity contribution is -0.131. The van der Waals surface area contributed by atoms with Crippen LogP contribution in [0.15, 0.2) is 41.0 Å². The maximum absolute atomic E-state index is 12.4. The summed E-state index contributed by atoms with van der Waals surface area (Å²) in [5, 5.41) is 5.60. The molecule has 154 valence electrons. The summed E-state index contributed by atoms with van der Waals surface area (Å²) >= 11 is 0. The minimum absolute atomic E-state index is 0.00931. The lowest BCUT2D eigenvalue weighted by atomic mass is 10.0. The van der Waals surface area contributed by atoms with Gasteiger partial charge in [0.05, 0.1) is 19.9 Å². The van der Waals surface area contributed by atoms with Gasteiger partial charge in [-0.3, -0.25) is 14.4 Å². The predicted molar refractivity (Wildman–Crippen MR) is 106 cm³/mol. The lowest BCUT2D eigenvalue weighted by Crippen LogP contribution is -2.49. The molecule has 0 saturated carbocycles. The summed E-state index contributed by atoms with van der Waals surface area (Å²) in [6.45, 7) is 2.81. The van der Waals surface area contributed by atoms with E-state index in [1.165, 1.54) is 6.26 Å². The topological polar surface area (TPSA) is 101 Å². The first kappa shape index (κ1) is 20.4. The lowest BCUT2D eigenvalue weighted by Gasteiger charge is -2.32. The van der Waals surface area contributed by atoms with Crippen LogP contribution in [-0.2, 0) is 4.79 Å². The van der Waals surface area contributed by atoms with Crippen molar-refractivity contribution in [1.29, 1.82) is 0 Å². The normalized spacial score (nSPS) is 14.3. The summed E-state index contributed by atoms with van der Waals surface area (Å²) in [6.07, 6.45) is 2.80. The quantitative estimate of drug-likeness (QED) is 0.771. The first-order chi connectivity index (χ1) is 14.0. The summed E-state index contributed by atoms with van der Waals surface area (Å²) < 4.78 is 10.3. The Kier molecular flexibility index (Phi) is 6.54. The maximum Gasteiger partial charge on any atom is 0.287 e. The number of piperidine rings is 1. The van der Waals surface area contributed by atoms with Gasteiger partial charge in [-0.2, -0.15) is 0 Å². The molecule has 2 aromatic rings. The number of ether oxygens (including phenoxy) is 1. The molecule has 8 nitrogen and oxygen atoms in total. The number of hydrogen-bond acceptors (Lipinski definition) is 5. The van der Waals surface area contributed by atoms with Gasteiger partial charge in [0.2, 0.25) is 5.91 Å². The third kappa shape index (κ3) is 5.16. The maximum atomic E-state index is 12.4. The SMILES string of the molecule is COc1ccc(C(=O)NCC(=O)N2CCC(NC(=O)c3occc3C)CC2)cc1. The van der Waals surface area contributed by atoms with Crippen molar-refractivity contribution in [2.45, 2.75) is 25.8 Å². The summed E-state index contributed by atoms with van der Waals surface area (Å²) in [7, 11) is 1.56. The number of benzene rings is 1. The Morgan fingerprint density at radius 3 is 2.38 bits per heavy atom. The molecule has 8 heteroatoms. The van der Waals surface area contributed by atoms with Crippen LogP contribution in [-0.4, -0.2) is 55.4 Å². The van der Waals surface area contributed by atoms with Crippen molar-refractivity contribution in [3.8, 4) is 5.75 Å². The van der Waals surface area contributed by atoms with E-state index in [1.54, 1.807) is 42.3 Å². The third-order valence-corrected chi connectivity index (χ3v) is 5.00. The van der Waals surface area contributed by atoms with Gasteiger partial charge in [0.1, 0.15) is 5.75 Å². The Balaban J connectivity index is 1.42. The van der Waals surface area contributed by atoms with E-state index in [-0.39, 0.29) is 30.3 Å². The molecule has 2 heterocycles. The second-order valence-corrected chi connectivity index (χ2v) is 6.97. The minimum Gasteiger partial charge on any atom is -0.497 e. The number of methoxy groups -OCH3 is 1. The zero-order valence-electron chi connectivity index (χ0n) is 16.6. The number of furan rings is 1. The molecule has 0 atom stereocenters. The van der Waals surface area contributed by atoms with Gasteiger partial charge in [-0.15, -0.1) is 0 Å². The number of nitrogens with one attached hydrogen (secondary N) is 2. The molecule has 0 bridgehead atoms. The van der Waals surface area contributed by atoms with Crippen LogP contribution in [0.2, 0.25) is 0 Å². The molecule has 0 unspecified atom stereocenters.